The number of hydrogen-bond acceptors (Lipinski definition) is 3. The molecule has 1 N–H and O–H groups in total. The molecule has 2 fully saturated rings. The van der Waals surface area contributed by atoms with E-state index >= 15 is 0 Å². The predicted octanol–water partition coefficient (Wildman–Crippen LogP) is 2.64. The molecular formula is C16H26N4S. The highest BCUT2D eigenvalue weighted by molar-refractivity contribution is 7.14. The van der Waals surface area contributed by atoms with Crippen LogP contribution in [0, 0.1) is 5.92 Å². The van der Waals surface area contributed by atoms with Gasteiger partial charge in [-0.3, -0.25) is 4.99 Å². The maximum atomic E-state index is 4.82. The SMILES string of the molecule is CCNC(=NCCC1CC1)N1CCN(c2cccs2)CC1. The first-order chi connectivity index (χ1) is 10.4. The molecule has 3 rings (SSSR count). The summed E-state index contributed by atoms with van der Waals surface area (Å²) in [6.07, 6.45) is 4.11. The summed E-state index contributed by atoms with van der Waals surface area (Å²) < 4.78 is 0. The molecule has 1 saturated heterocycles. The third-order valence-electron chi connectivity index (χ3n) is 4.23. The lowest BCUT2D eigenvalue weighted by atomic mass is 10.3. The van der Waals surface area contributed by atoms with Gasteiger partial charge >= 0.3 is 0 Å². The van der Waals surface area contributed by atoms with Crippen molar-refractivity contribution in [2.45, 2.75) is 26.2 Å². The first-order valence-corrected chi connectivity index (χ1v) is 9.06. The summed E-state index contributed by atoms with van der Waals surface area (Å²) in [6, 6.07) is 4.35. The molecule has 5 heteroatoms. The maximum absolute atomic E-state index is 4.82. The van der Waals surface area contributed by atoms with E-state index in [2.05, 4.69) is 39.6 Å². The highest BCUT2D eigenvalue weighted by Gasteiger charge is 2.22. The lowest BCUT2D eigenvalue weighted by Crippen LogP contribution is -2.52. The highest BCUT2D eigenvalue weighted by Crippen LogP contribution is 2.32. The fourth-order valence-electron chi connectivity index (χ4n) is 2.77. The van der Waals surface area contributed by atoms with Crippen LogP contribution in [-0.2, 0) is 0 Å². The fourth-order valence-corrected chi connectivity index (χ4v) is 3.56. The zero-order valence-corrected chi connectivity index (χ0v) is 13.7. The van der Waals surface area contributed by atoms with Crippen molar-refractivity contribution in [2.24, 2.45) is 10.9 Å². The molecule has 4 nitrogen and oxygen atoms in total. The normalized spacial score (nSPS) is 20.0. The van der Waals surface area contributed by atoms with Crippen LogP contribution in [0.15, 0.2) is 22.5 Å². The van der Waals surface area contributed by atoms with E-state index in [1.54, 1.807) is 0 Å². The van der Waals surface area contributed by atoms with Gasteiger partial charge in [0, 0.05) is 39.3 Å². The van der Waals surface area contributed by atoms with Crippen molar-refractivity contribution in [3.05, 3.63) is 17.5 Å². The first kappa shape index (κ1) is 14.7. The summed E-state index contributed by atoms with van der Waals surface area (Å²) in [4.78, 5) is 9.72. The quantitative estimate of drug-likeness (QED) is 0.670. The third kappa shape index (κ3) is 4.13. The lowest BCUT2D eigenvalue weighted by Gasteiger charge is -2.37. The first-order valence-electron chi connectivity index (χ1n) is 8.18. The Hall–Kier alpha value is -1.23. The molecule has 0 atom stereocenters. The molecule has 0 radical (unpaired) electrons. The molecule has 0 aromatic carbocycles. The van der Waals surface area contributed by atoms with E-state index in [0.717, 1.165) is 51.1 Å². The van der Waals surface area contributed by atoms with E-state index in [9.17, 15) is 0 Å². The molecule has 2 heterocycles. The summed E-state index contributed by atoms with van der Waals surface area (Å²) in [5.74, 6) is 2.08. The number of hydrogen-bond donors (Lipinski definition) is 1. The molecule has 1 aromatic heterocycles. The minimum Gasteiger partial charge on any atom is -0.360 e. The second-order valence-corrected chi connectivity index (χ2v) is 6.82. The van der Waals surface area contributed by atoms with Crippen molar-refractivity contribution in [1.82, 2.24) is 10.2 Å². The number of guanidine groups is 1. The van der Waals surface area contributed by atoms with Crippen LogP contribution in [0.4, 0.5) is 5.00 Å². The number of nitrogens with zero attached hydrogens (tertiary/aromatic N) is 3. The largest absolute Gasteiger partial charge is 0.360 e. The van der Waals surface area contributed by atoms with Gasteiger partial charge in [-0.25, -0.2) is 0 Å². The van der Waals surface area contributed by atoms with Gasteiger partial charge in [0.2, 0.25) is 0 Å². The highest BCUT2D eigenvalue weighted by atomic mass is 32.1. The van der Waals surface area contributed by atoms with Gasteiger partial charge in [-0.05, 0) is 36.8 Å². The second kappa shape index (κ2) is 7.16. The van der Waals surface area contributed by atoms with Gasteiger partial charge in [0.15, 0.2) is 5.96 Å². The Bertz CT molecular complexity index is 445. The van der Waals surface area contributed by atoms with Gasteiger partial charge in [0.1, 0.15) is 0 Å². The average Bonchev–Trinajstić information content (AvgIpc) is 3.17. The van der Waals surface area contributed by atoms with Gasteiger partial charge in [-0.1, -0.05) is 12.8 Å². The smallest absolute Gasteiger partial charge is 0.194 e. The number of anilines is 1. The van der Waals surface area contributed by atoms with Crippen molar-refractivity contribution in [3.63, 3.8) is 0 Å². The molecule has 0 bridgehead atoms. The predicted molar refractivity (Wildman–Crippen MR) is 91.4 cm³/mol. The Morgan fingerprint density at radius 1 is 1.33 bits per heavy atom. The molecule has 1 saturated carbocycles. The van der Waals surface area contributed by atoms with E-state index in [1.165, 1.54) is 24.3 Å². The van der Waals surface area contributed by atoms with Crippen LogP contribution in [0.25, 0.3) is 0 Å². The molecule has 116 valence electrons. The fraction of sp³-hybridized carbons (Fsp3) is 0.688. The number of thiophene rings is 1. The van der Waals surface area contributed by atoms with Gasteiger partial charge < -0.3 is 15.1 Å². The Morgan fingerprint density at radius 3 is 2.76 bits per heavy atom. The average molecular weight is 306 g/mol. The van der Waals surface area contributed by atoms with Crippen LogP contribution < -0.4 is 10.2 Å². The van der Waals surface area contributed by atoms with Gasteiger partial charge in [0.05, 0.1) is 5.00 Å². The second-order valence-electron chi connectivity index (χ2n) is 5.89. The lowest BCUT2D eigenvalue weighted by molar-refractivity contribution is 0.373. The van der Waals surface area contributed by atoms with Crippen molar-refractivity contribution in [3.8, 4) is 0 Å². The van der Waals surface area contributed by atoms with Crippen LogP contribution in [0.2, 0.25) is 0 Å². The van der Waals surface area contributed by atoms with Gasteiger partial charge in [-0.2, -0.15) is 0 Å². The van der Waals surface area contributed by atoms with Gasteiger partial charge in [0.25, 0.3) is 0 Å². The summed E-state index contributed by atoms with van der Waals surface area (Å²) in [5.41, 5.74) is 0. The number of piperazine rings is 1. The summed E-state index contributed by atoms with van der Waals surface area (Å²) in [5, 5.41) is 7.01. The molecule has 1 aromatic rings. The van der Waals surface area contributed by atoms with E-state index < -0.39 is 0 Å². The molecule has 21 heavy (non-hydrogen) atoms. The Morgan fingerprint density at radius 2 is 2.14 bits per heavy atom. The number of nitrogens with one attached hydrogen (secondary N) is 1. The van der Waals surface area contributed by atoms with Crippen LogP contribution in [0.5, 0.6) is 0 Å². The van der Waals surface area contributed by atoms with Crippen LogP contribution in [0.1, 0.15) is 26.2 Å². The van der Waals surface area contributed by atoms with Crippen molar-refractivity contribution in [1.29, 1.82) is 0 Å². The van der Waals surface area contributed by atoms with Crippen molar-refractivity contribution in [2.75, 3.05) is 44.2 Å². The minimum atomic E-state index is 0.952. The van der Waals surface area contributed by atoms with E-state index in [1.807, 2.05) is 11.3 Å². The molecule has 0 unspecified atom stereocenters. The van der Waals surface area contributed by atoms with Gasteiger partial charge in [-0.15, -0.1) is 11.3 Å². The summed E-state index contributed by atoms with van der Waals surface area (Å²) >= 11 is 1.83. The van der Waals surface area contributed by atoms with E-state index in [-0.39, 0.29) is 0 Å². The minimum absolute atomic E-state index is 0.952. The van der Waals surface area contributed by atoms with Crippen molar-refractivity contribution >= 4 is 22.3 Å². The Balaban J connectivity index is 1.51. The third-order valence-corrected chi connectivity index (χ3v) is 5.16. The topological polar surface area (TPSA) is 30.9 Å². The maximum Gasteiger partial charge on any atom is 0.194 e. The molecular weight excluding hydrogens is 280 g/mol. The Kier molecular flexibility index (Phi) is 5.01. The molecule has 1 aliphatic heterocycles. The van der Waals surface area contributed by atoms with Crippen LogP contribution in [-0.4, -0.2) is 50.1 Å². The standard InChI is InChI=1S/C16H26N4S/c1-2-17-16(18-8-7-14-5-6-14)20-11-9-19(10-12-20)15-4-3-13-21-15/h3-4,13-14H,2,5-12H2,1H3,(H,17,18). The summed E-state index contributed by atoms with van der Waals surface area (Å²) in [6.45, 7) is 8.39. The Labute approximate surface area is 131 Å². The number of aliphatic imine (C=N–C) groups is 1. The summed E-state index contributed by atoms with van der Waals surface area (Å²) in [7, 11) is 0. The van der Waals surface area contributed by atoms with Crippen LogP contribution in [0.3, 0.4) is 0 Å². The molecule has 0 amide bonds. The van der Waals surface area contributed by atoms with Crippen molar-refractivity contribution < 1.29 is 0 Å². The molecule has 0 spiro atoms. The molecule has 1 aliphatic carbocycles. The van der Waals surface area contributed by atoms with E-state index in [0.29, 0.717) is 0 Å². The zero-order valence-electron chi connectivity index (χ0n) is 12.9. The van der Waals surface area contributed by atoms with Crippen LogP contribution >= 0.6 is 11.3 Å². The number of rotatable bonds is 5. The molecule has 2 aliphatic rings. The monoisotopic (exact) mass is 306 g/mol. The van der Waals surface area contributed by atoms with E-state index in [4.69, 9.17) is 4.99 Å². The zero-order chi connectivity index (χ0) is 14.5.